The molecule has 1 aliphatic heterocycles. The summed E-state index contributed by atoms with van der Waals surface area (Å²) in [5.74, 6) is -0.0358. The SMILES string of the molecule is Cc1cccc(CC(=O)N[C@@H]2CNC[C@@H]2n2ccnn2)c1Cl. The molecule has 1 aliphatic rings. The number of nitrogens with zero attached hydrogens (tertiary/aromatic N) is 3. The van der Waals surface area contributed by atoms with E-state index in [1.807, 2.05) is 31.3 Å². The van der Waals surface area contributed by atoms with Crippen LogP contribution >= 0.6 is 11.6 Å². The fourth-order valence-electron chi connectivity index (χ4n) is 2.76. The van der Waals surface area contributed by atoms with Crippen LogP contribution in [-0.4, -0.2) is 40.0 Å². The first-order valence-electron chi connectivity index (χ1n) is 7.25. The molecule has 2 heterocycles. The molecule has 0 unspecified atom stereocenters. The van der Waals surface area contributed by atoms with E-state index in [0.717, 1.165) is 24.2 Å². The molecule has 2 aromatic rings. The van der Waals surface area contributed by atoms with Gasteiger partial charge in [-0.05, 0) is 18.1 Å². The Kier molecular flexibility index (Phi) is 4.40. The molecule has 3 rings (SSSR count). The Balaban J connectivity index is 1.65. The van der Waals surface area contributed by atoms with Crippen LogP contribution in [-0.2, 0) is 11.2 Å². The number of rotatable bonds is 4. The lowest BCUT2D eigenvalue weighted by atomic mass is 10.1. The van der Waals surface area contributed by atoms with Crippen molar-refractivity contribution in [1.29, 1.82) is 0 Å². The lowest BCUT2D eigenvalue weighted by Gasteiger charge is -2.20. The molecule has 1 saturated heterocycles. The second-order valence-corrected chi connectivity index (χ2v) is 5.89. The maximum atomic E-state index is 12.3. The Hall–Kier alpha value is -1.92. The molecule has 1 aromatic carbocycles. The van der Waals surface area contributed by atoms with Crippen molar-refractivity contribution in [2.24, 2.45) is 0 Å². The van der Waals surface area contributed by atoms with Gasteiger partial charge < -0.3 is 10.6 Å². The Labute approximate surface area is 133 Å². The summed E-state index contributed by atoms with van der Waals surface area (Å²) in [6.07, 6.45) is 3.74. The second kappa shape index (κ2) is 6.46. The average Bonchev–Trinajstić information content (AvgIpc) is 3.14. The van der Waals surface area contributed by atoms with Crippen molar-refractivity contribution in [2.75, 3.05) is 13.1 Å². The topological polar surface area (TPSA) is 71.8 Å². The lowest BCUT2D eigenvalue weighted by molar-refractivity contribution is -0.121. The number of nitrogens with one attached hydrogen (secondary N) is 2. The number of hydrogen-bond acceptors (Lipinski definition) is 4. The quantitative estimate of drug-likeness (QED) is 0.885. The number of halogens is 1. The smallest absolute Gasteiger partial charge is 0.224 e. The molecule has 1 amide bonds. The molecule has 2 N–H and O–H groups in total. The summed E-state index contributed by atoms with van der Waals surface area (Å²) in [4.78, 5) is 12.3. The van der Waals surface area contributed by atoms with Gasteiger partial charge in [0.05, 0.1) is 24.7 Å². The van der Waals surface area contributed by atoms with Crippen molar-refractivity contribution in [2.45, 2.75) is 25.4 Å². The zero-order chi connectivity index (χ0) is 15.5. The first-order chi connectivity index (χ1) is 10.6. The van der Waals surface area contributed by atoms with Crippen LogP contribution in [0.15, 0.2) is 30.6 Å². The molecule has 116 valence electrons. The van der Waals surface area contributed by atoms with E-state index in [1.165, 1.54) is 0 Å². The number of carbonyl (C=O) groups is 1. The minimum Gasteiger partial charge on any atom is -0.350 e. The Morgan fingerprint density at radius 3 is 3.14 bits per heavy atom. The summed E-state index contributed by atoms with van der Waals surface area (Å²) < 4.78 is 1.78. The molecule has 0 bridgehead atoms. The number of aryl methyl sites for hydroxylation is 1. The van der Waals surface area contributed by atoms with Crippen LogP contribution in [0.4, 0.5) is 0 Å². The lowest BCUT2D eigenvalue weighted by Crippen LogP contribution is -2.42. The molecular formula is C15H18ClN5O. The molecule has 1 fully saturated rings. The van der Waals surface area contributed by atoms with Gasteiger partial charge in [-0.3, -0.25) is 4.79 Å². The van der Waals surface area contributed by atoms with Crippen molar-refractivity contribution < 1.29 is 4.79 Å². The summed E-state index contributed by atoms with van der Waals surface area (Å²) in [6.45, 7) is 3.42. The molecule has 0 aliphatic carbocycles. The molecule has 2 atom stereocenters. The summed E-state index contributed by atoms with van der Waals surface area (Å²) in [5, 5.41) is 14.8. The Bertz CT molecular complexity index is 658. The van der Waals surface area contributed by atoms with E-state index < -0.39 is 0 Å². The van der Waals surface area contributed by atoms with Gasteiger partial charge in [-0.1, -0.05) is 35.0 Å². The average molecular weight is 320 g/mol. The van der Waals surface area contributed by atoms with Gasteiger partial charge in [-0.25, -0.2) is 4.68 Å². The predicted octanol–water partition coefficient (Wildman–Crippen LogP) is 1.11. The molecule has 1 aromatic heterocycles. The number of hydrogen-bond donors (Lipinski definition) is 2. The van der Waals surface area contributed by atoms with Gasteiger partial charge >= 0.3 is 0 Å². The van der Waals surface area contributed by atoms with Crippen LogP contribution in [0, 0.1) is 6.92 Å². The molecule has 0 spiro atoms. The van der Waals surface area contributed by atoms with Crippen LogP contribution in [0.5, 0.6) is 0 Å². The highest BCUT2D eigenvalue weighted by molar-refractivity contribution is 6.32. The van der Waals surface area contributed by atoms with Gasteiger partial charge in [-0.15, -0.1) is 5.10 Å². The van der Waals surface area contributed by atoms with Crippen LogP contribution in [0.2, 0.25) is 5.02 Å². The van der Waals surface area contributed by atoms with Crippen LogP contribution < -0.4 is 10.6 Å². The van der Waals surface area contributed by atoms with E-state index in [1.54, 1.807) is 10.9 Å². The van der Waals surface area contributed by atoms with Crippen LogP contribution in [0.25, 0.3) is 0 Å². The Morgan fingerprint density at radius 2 is 2.36 bits per heavy atom. The highest BCUT2D eigenvalue weighted by Gasteiger charge is 2.30. The molecule has 0 radical (unpaired) electrons. The molecule has 0 saturated carbocycles. The van der Waals surface area contributed by atoms with Crippen molar-refractivity contribution in [3.05, 3.63) is 46.7 Å². The summed E-state index contributed by atoms with van der Waals surface area (Å²) >= 11 is 6.25. The number of amides is 1. The van der Waals surface area contributed by atoms with Gasteiger partial charge in [-0.2, -0.15) is 0 Å². The predicted molar refractivity (Wildman–Crippen MR) is 83.8 cm³/mol. The van der Waals surface area contributed by atoms with Gasteiger partial charge in [0.1, 0.15) is 0 Å². The third kappa shape index (κ3) is 3.13. The normalized spacial score (nSPS) is 21.0. The first-order valence-corrected chi connectivity index (χ1v) is 7.63. The van der Waals surface area contributed by atoms with E-state index in [4.69, 9.17) is 11.6 Å². The highest BCUT2D eigenvalue weighted by Crippen LogP contribution is 2.21. The van der Waals surface area contributed by atoms with Gasteiger partial charge in [0.15, 0.2) is 0 Å². The van der Waals surface area contributed by atoms with Crippen molar-refractivity contribution in [1.82, 2.24) is 25.6 Å². The molecular weight excluding hydrogens is 302 g/mol. The van der Waals surface area contributed by atoms with Crippen LogP contribution in [0.1, 0.15) is 17.2 Å². The van der Waals surface area contributed by atoms with Gasteiger partial charge in [0, 0.05) is 24.3 Å². The number of carbonyl (C=O) groups excluding carboxylic acids is 1. The zero-order valence-corrected chi connectivity index (χ0v) is 13.0. The van der Waals surface area contributed by atoms with Gasteiger partial charge in [0.25, 0.3) is 0 Å². The van der Waals surface area contributed by atoms with Crippen molar-refractivity contribution in [3.8, 4) is 0 Å². The third-order valence-corrected chi connectivity index (χ3v) is 4.47. The summed E-state index contributed by atoms with van der Waals surface area (Å²) in [7, 11) is 0. The molecule has 7 heteroatoms. The van der Waals surface area contributed by atoms with E-state index in [9.17, 15) is 4.79 Å². The number of aromatic nitrogens is 3. The highest BCUT2D eigenvalue weighted by atomic mass is 35.5. The van der Waals surface area contributed by atoms with Crippen LogP contribution in [0.3, 0.4) is 0 Å². The summed E-state index contributed by atoms with van der Waals surface area (Å²) in [6, 6.07) is 5.82. The molecule has 6 nitrogen and oxygen atoms in total. The third-order valence-electron chi connectivity index (χ3n) is 3.93. The largest absolute Gasteiger partial charge is 0.350 e. The Morgan fingerprint density at radius 1 is 1.50 bits per heavy atom. The van der Waals surface area contributed by atoms with E-state index in [-0.39, 0.29) is 24.4 Å². The molecule has 22 heavy (non-hydrogen) atoms. The standard InChI is InChI=1S/C15H18ClN5O/c1-10-3-2-4-11(15(10)16)7-14(22)19-12-8-17-9-13(12)21-6-5-18-20-21/h2-6,12-13,17H,7-9H2,1H3,(H,19,22)/t12-,13+/m1/s1. The van der Waals surface area contributed by atoms with E-state index in [2.05, 4.69) is 20.9 Å². The maximum Gasteiger partial charge on any atom is 0.224 e. The fourth-order valence-corrected chi connectivity index (χ4v) is 2.95. The monoisotopic (exact) mass is 319 g/mol. The zero-order valence-electron chi connectivity index (χ0n) is 12.3. The first kappa shape index (κ1) is 15.0. The van der Waals surface area contributed by atoms with Gasteiger partial charge in [0.2, 0.25) is 5.91 Å². The minimum atomic E-state index is -0.0358. The maximum absolute atomic E-state index is 12.3. The summed E-state index contributed by atoms with van der Waals surface area (Å²) in [5.41, 5.74) is 1.83. The van der Waals surface area contributed by atoms with E-state index in [0.29, 0.717) is 5.02 Å². The fraction of sp³-hybridized carbons (Fsp3) is 0.400. The van der Waals surface area contributed by atoms with E-state index >= 15 is 0 Å². The van der Waals surface area contributed by atoms with Crippen molar-refractivity contribution in [3.63, 3.8) is 0 Å². The minimum absolute atomic E-state index is 0.00205. The second-order valence-electron chi connectivity index (χ2n) is 5.51. The number of benzene rings is 1. The van der Waals surface area contributed by atoms with Crippen molar-refractivity contribution >= 4 is 17.5 Å².